The van der Waals surface area contributed by atoms with Gasteiger partial charge in [0.15, 0.2) is 6.61 Å². The molecule has 10 heteroatoms. The second kappa shape index (κ2) is 13.6. The van der Waals surface area contributed by atoms with E-state index in [1.807, 2.05) is 51.1 Å². The standard InChI is InChI=1S/C33H37ClN4O5/c1-4-29(39)23-9-14-27-26(19-23)33(41)38(28-7-5-6-8-30(28)43-22(2)3)31(35-27)20-36-15-17-37(18-16-36)32(40)21-42-25-12-10-24(34)11-13-25/h5-14,19,22,29,39H,4,15-18,20-21H2,1-3H3. The van der Waals surface area contributed by atoms with E-state index in [0.717, 1.165) is 0 Å². The smallest absolute Gasteiger partial charge is 0.266 e. The Hall–Kier alpha value is -3.92. The lowest BCUT2D eigenvalue weighted by Gasteiger charge is -2.34. The molecule has 1 unspecified atom stereocenters. The molecular weight excluding hydrogens is 568 g/mol. The fraction of sp³-hybridized carbons (Fsp3) is 0.364. The summed E-state index contributed by atoms with van der Waals surface area (Å²) in [6, 6.07) is 19.7. The summed E-state index contributed by atoms with van der Waals surface area (Å²) in [5.74, 6) is 1.67. The molecular formula is C33H37ClN4O5. The van der Waals surface area contributed by atoms with Crippen molar-refractivity contribution in [3.63, 3.8) is 0 Å². The highest BCUT2D eigenvalue weighted by atomic mass is 35.5. The zero-order chi connectivity index (χ0) is 30.5. The van der Waals surface area contributed by atoms with E-state index in [1.165, 1.54) is 0 Å². The third-order valence-electron chi connectivity index (χ3n) is 7.47. The van der Waals surface area contributed by atoms with E-state index in [2.05, 4.69) is 4.90 Å². The zero-order valence-corrected chi connectivity index (χ0v) is 25.5. The molecule has 0 aliphatic carbocycles. The van der Waals surface area contributed by atoms with Crippen LogP contribution in [0.25, 0.3) is 16.6 Å². The number of fused-ring (bicyclic) bond motifs is 1. The minimum Gasteiger partial charge on any atom is -0.489 e. The number of nitrogens with zero attached hydrogens (tertiary/aromatic N) is 4. The summed E-state index contributed by atoms with van der Waals surface area (Å²) in [6.07, 6.45) is -0.212. The third kappa shape index (κ3) is 7.18. The molecule has 4 aromatic rings. The average molecular weight is 605 g/mol. The summed E-state index contributed by atoms with van der Waals surface area (Å²) in [5, 5.41) is 11.5. The summed E-state index contributed by atoms with van der Waals surface area (Å²) in [4.78, 5) is 35.9. The fourth-order valence-corrected chi connectivity index (χ4v) is 5.29. The van der Waals surface area contributed by atoms with E-state index in [0.29, 0.717) is 83.6 Å². The molecule has 1 amide bonds. The largest absolute Gasteiger partial charge is 0.489 e. The van der Waals surface area contributed by atoms with E-state index < -0.39 is 6.10 Å². The van der Waals surface area contributed by atoms with Crippen LogP contribution >= 0.6 is 11.6 Å². The van der Waals surface area contributed by atoms with Crippen molar-refractivity contribution in [1.82, 2.24) is 19.4 Å². The first-order chi connectivity index (χ1) is 20.7. The highest BCUT2D eigenvalue weighted by Gasteiger charge is 2.24. The van der Waals surface area contributed by atoms with Crippen molar-refractivity contribution in [2.75, 3.05) is 32.8 Å². The Kier molecular flexibility index (Phi) is 9.65. The number of amides is 1. The molecule has 0 radical (unpaired) electrons. The first-order valence-electron chi connectivity index (χ1n) is 14.6. The minimum atomic E-state index is -0.663. The number of aliphatic hydroxyl groups is 1. The number of para-hydroxylation sites is 2. The Balaban J connectivity index is 1.39. The average Bonchev–Trinajstić information content (AvgIpc) is 3.01. The SMILES string of the molecule is CCC(O)c1ccc2nc(CN3CCN(C(=O)COc4ccc(Cl)cc4)CC3)n(-c3ccccc3OC(C)C)c(=O)c2c1. The van der Waals surface area contributed by atoms with Gasteiger partial charge in [0, 0.05) is 31.2 Å². The maximum Gasteiger partial charge on any atom is 0.266 e. The molecule has 3 aromatic carbocycles. The van der Waals surface area contributed by atoms with Gasteiger partial charge in [0.1, 0.15) is 17.3 Å². The van der Waals surface area contributed by atoms with Gasteiger partial charge in [0.2, 0.25) is 0 Å². The van der Waals surface area contributed by atoms with Crippen molar-refractivity contribution in [3.8, 4) is 17.2 Å². The summed E-state index contributed by atoms with van der Waals surface area (Å²) < 4.78 is 13.4. The van der Waals surface area contributed by atoms with Crippen molar-refractivity contribution in [1.29, 1.82) is 0 Å². The van der Waals surface area contributed by atoms with Gasteiger partial charge in [-0.15, -0.1) is 0 Å². The summed E-state index contributed by atoms with van der Waals surface area (Å²) in [5.41, 5.74) is 1.64. The normalized spacial score (nSPS) is 14.7. The maximum absolute atomic E-state index is 14.1. The molecule has 226 valence electrons. The van der Waals surface area contributed by atoms with Crippen LogP contribution in [-0.4, -0.2) is 69.3 Å². The number of halogens is 1. The van der Waals surface area contributed by atoms with Crippen molar-refractivity contribution < 1.29 is 19.4 Å². The second-order valence-electron chi connectivity index (χ2n) is 10.9. The van der Waals surface area contributed by atoms with Crippen LogP contribution in [0.1, 0.15) is 44.7 Å². The monoisotopic (exact) mass is 604 g/mol. The van der Waals surface area contributed by atoms with Crippen LogP contribution in [0.4, 0.5) is 0 Å². The molecule has 1 atom stereocenters. The quantitative estimate of drug-likeness (QED) is 0.272. The van der Waals surface area contributed by atoms with Crippen molar-refractivity contribution in [2.24, 2.45) is 0 Å². The Morgan fingerprint density at radius 2 is 1.74 bits per heavy atom. The molecule has 1 aliphatic rings. The second-order valence-corrected chi connectivity index (χ2v) is 11.3. The number of rotatable bonds is 10. The van der Waals surface area contributed by atoms with E-state index in [9.17, 15) is 14.7 Å². The van der Waals surface area contributed by atoms with E-state index in [1.54, 1.807) is 45.9 Å². The molecule has 0 spiro atoms. The van der Waals surface area contributed by atoms with E-state index >= 15 is 0 Å². The lowest BCUT2D eigenvalue weighted by molar-refractivity contribution is -0.135. The van der Waals surface area contributed by atoms with Crippen LogP contribution in [0, 0.1) is 0 Å². The van der Waals surface area contributed by atoms with Crippen LogP contribution in [0.5, 0.6) is 11.5 Å². The van der Waals surface area contributed by atoms with Gasteiger partial charge in [-0.05, 0) is 74.4 Å². The summed E-state index contributed by atoms with van der Waals surface area (Å²) in [7, 11) is 0. The van der Waals surface area contributed by atoms with E-state index in [4.69, 9.17) is 26.1 Å². The predicted octanol–water partition coefficient (Wildman–Crippen LogP) is 4.99. The molecule has 1 aliphatic heterocycles. The highest BCUT2D eigenvalue weighted by Crippen LogP contribution is 2.26. The predicted molar refractivity (Wildman–Crippen MR) is 167 cm³/mol. The van der Waals surface area contributed by atoms with Crippen LogP contribution in [0.15, 0.2) is 71.5 Å². The molecule has 1 saturated heterocycles. The lowest BCUT2D eigenvalue weighted by atomic mass is 10.0. The number of aromatic nitrogens is 2. The Morgan fingerprint density at radius 1 is 1.02 bits per heavy atom. The van der Waals surface area contributed by atoms with Crippen LogP contribution < -0.4 is 15.0 Å². The van der Waals surface area contributed by atoms with Gasteiger partial charge in [-0.3, -0.25) is 19.1 Å². The van der Waals surface area contributed by atoms with Gasteiger partial charge in [-0.25, -0.2) is 4.98 Å². The summed E-state index contributed by atoms with van der Waals surface area (Å²) in [6.45, 7) is 8.45. The molecule has 2 heterocycles. The molecule has 0 bridgehead atoms. The Labute approximate surface area is 256 Å². The Morgan fingerprint density at radius 3 is 2.44 bits per heavy atom. The zero-order valence-electron chi connectivity index (χ0n) is 24.7. The maximum atomic E-state index is 14.1. The van der Waals surface area contributed by atoms with Gasteiger partial charge in [-0.1, -0.05) is 36.7 Å². The van der Waals surface area contributed by atoms with Gasteiger partial charge in [0.25, 0.3) is 11.5 Å². The third-order valence-corrected chi connectivity index (χ3v) is 7.72. The van der Waals surface area contributed by atoms with Crippen molar-refractivity contribution in [3.05, 3.63) is 93.5 Å². The highest BCUT2D eigenvalue weighted by molar-refractivity contribution is 6.30. The number of carbonyl (C=O) groups is 1. The van der Waals surface area contributed by atoms with E-state index in [-0.39, 0.29) is 24.2 Å². The molecule has 0 saturated carbocycles. The molecule has 1 N–H and O–H groups in total. The molecule has 1 aromatic heterocycles. The minimum absolute atomic E-state index is 0.0469. The van der Waals surface area contributed by atoms with Gasteiger partial charge < -0.3 is 19.5 Å². The first-order valence-corrected chi connectivity index (χ1v) is 15.0. The number of benzene rings is 3. The fourth-order valence-electron chi connectivity index (χ4n) is 5.16. The first kappa shape index (κ1) is 30.5. The van der Waals surface area contributed by atoms with Crippen molar-refractivity contribution >= 4 is 28.4 Å². The Bertz CT molecular complexity index is 1630. The molecule has 43 heavy (non-hydrogen) atoms. The number of aliphatic hydroxyl groups excluding tert-OH is 1. The van der Waals surface area contributed by atoms with Crippen LogP contribution in [-0.2, 0) is 11.3 Å². The molecule has 1 fully saturated rings. The van der Waals surface area contributed by atoms with Gasteiger partial charge >= 0.3 is 0 Å². The van der Waals surface area contributed by atoms with Gasteiger partial charge in [-0.2, -0.15) is 0 Å². The molecule has 5 rings (SSSR count). The number of piperazine rings is 1. The molecule has 9 nitrogen and oxygen atoms in total. The number of hydrogen-bond acceptors (Lipinski definition) is 7. The van der Waals surface area contributed by atoms with Crippen LogP contribution in [0.2, 0.25) is 5.02 Å². The van der Waals surface area contributed by atoms with Crippen molar-refractivity contribution in [2.45, 2.75) is 45.9 Å². The summed E-state index contributed by atoms with van der Waals surface area (Å²) >= 11 is 5.93. The number of carbonyl (C=O) groups excluding carboxylic acids is 1. The van der Waals surface area contributed by atoms with Crippen LogP contribution in [0.3, 0.4) is 0 Å². The number of ether oxygens (including phenoxy) is 2. The number of hydrogen-bond donors (Lipinski definition) is 1. The van der Waals surface area contributed by atoms with Gasteiger partial charge in [0.05, 0.1) is 35.3 Å². The topological polar surface area (TPSA) is 97.1 Å². The lowest BCUT2D eigenvalue weighted by Crippen LogP contribution is -2.50.